The van der Waals surface area contributed by atoms with Gasteiger partial charge in [0, 0.05) is 10.0 Å². The van der Waals surface area contributed by atoms with Crippen LogP contribution >= 0.6 is 23.2 Å². The lowest BCUT2D eigenvalue weighted by Gasteiger charge is -2.01. The number of hydrogen-bond donors (Lipinski definition) is 2. The summed E-state index contributed by atoms with van der Waals surface area (Å²) in [6.45, 7) is 0. The van der Waals surface area contributed by atoms with Crippen molar-refractivity contribution >= 4 is 41.1 Å². The van der Waals surface area contributed by atoms with Gasteiger partial charge in [-0.25, -0.2) is 4.79 Å². The highest BCUT2D eigenvalue weighted by Gasteiger charge is 2.02. The Hall–Kier alpha value is -2.04. The van der Waals surface area contributed by atoms with Crippen LogP contribution in [0.25, 0.3) is 0 Å². The lowest BCUT2D eigenvalue weighted by Crippen LogP contribution is -1.97. The molecule has 2 aromatic rings. The van der Waals surface area contributed by atoms with E-state index in [1.165, 1.54) is 12.1 Å². The second-order valence-electron chi connectivity index (χ2n) is 3.96. The number of carboxylic acids is 1. The Labute approximate surface area is 125 Å². The van der Waals surface area contributed by atoms with Gasteiger partial charge in [0.05, 0.1) is 17.5 Å². The summed E-state index contributed by atoms with van der Waals surface area (Å²) in [5.41, 5.74) is 4.26. The number of aromatic carboxylic acids is 1. The fourth-order valence-electron chi connectivity index (χ4n) is 1.55. The number of anilines is 1. The Morgan fingerprint density at radius 2 is 1.85 bits per heavy atom. The molecule has 0 aliphatic carbocycles. The van der Waals surface area contributed by atoms with Crippen LogP contribution in [-0.4, -0.2) is 17.3 Å². The summed E-state index contributed by atoms with van der Waals surface area (Å²) >= 11 is 11.7. The predicted molar refractivity (Wildman–Crippen MR) is 81.1 cm³/mol. The Morgan fingerprint density at radius 3 is 2.50 bits per heavy atom. The number of nitrogens with one attached hydrogen (secondary N) is 1. The van der Waals surface area contributed by atoms with E-state index in [0.29, 0.717) is 15.7 Å². The van der Waals surface area contributed by atoms with E-state index in [9.17, 15) is 4.79 Å². The molecule has 0 aromatic heterocycles. The van der Waals surface area contributed by atoms with Crippen LogP contribution in [0.2, 0.25) is 10.0 Å². The molecule has 4 nitrogen and oxygen atoms in total. The molecule has 0 saturated heterocycles. The molecule has 0 saturated carbocycles. The molecular formula is C14H10Cl2N2O2. The van der Waals surface area contributed by atoms with Gasteiger partial charge in [-0.3, -0.25) is 5.43 Å². The molecule has 102 valence electrons. The number of benzene rings is 2. The molecule has 0 amide bonds. The van der Waals surface area contributed by atoms with E-state index in [0.717, 1.165) is 5.56 Å². The number of nitrogens with zero attached hydrogens (tertiary/aromatic N) is 1. The summed E-state index contributed by atoms with van der Waals surface area (Å²) in [4.78, 5) is 10.8. The topological polar surface area (TPSA) is 61.7 Å². The van der Waals surface area contributed by atoms with Crippen LogP contribution in [0.15, 0.2) is 47.6 Å². The van der Waals surface area contributed by atoms with Crippen LogP contribution in [0.5, 0.6) is 0 Å². The average molecular weight is 309 g/mol. The number of carbonyl (C=O) groups is 1. The Kier molecular flexibility index (Phi) is 4.61. The van der Waals surface area contributed by atoms with Crippen molar-refractivity contribution in [3.8, 4) is 0 Å². The van der Waals surface area contributed by atoms with E-state index >= 15 is 0 Å². The highest BCUT2D eigenvalue weighted by atomic mass is 35.5. The lowest BCUT2D eigenvalue weighted by atomic mass is 10.2. The Bertz CT molecular complexity index is 652. The molecule has 0 bridgehead atoms. The minimum absolute atomic E-state index is 0.191. The average Bonchev–Trinajstić information content (AvgIpc) is 2.38. The van der Waals surface area contributed by atoms with Crippen molar-refractivity contribution in [1.82, 2.24) is 0 Å². The van der Waals surface area contributed by atoms with E-state index in [1.807, 2.05) is 0 Å². The largest absolute Gasteiger partial charge is 0.478 e. The van der Waals surface area contributed by atoms with Crippen molar-refractivity contribution in [2.45, 2.75) is 0 Å². The van der Waals surface area contributed by atoms with E-state index in [1.54, 1.807) is 36.5 Å². The summed E-state index contributed by atoms with van der Waals surface area (Å²) in [5, 5.41) is 13.9. The van der Waals surface area contributed by atoms with Crippen LogP contribution in [0.3, 0.4) is 0 Å². The molecule has 0 radical (unpaired) electrons. The summed E-state index contributed by atoms with van der Waals surface area (Å²) in [5.74, 6) is -0.987. The normalized spacial score (nSPS) is 10.7. The third-order valence-corrected chi connectivity index (χ3v) is 2.84. The molecule has 2 N–H and O–H groups in total. The third kappa shape index (κ3) is 3.98. The first-order valence-corrected chi connectivity index (χ1v) is 6.39. The highest BCUT2D eigenvalue weighted by molar-refractivity contribution is 6.35. The van der Waals surface area contributed by atoms with Gasteiger partial charge in [0.1, 0.15) is 0 Å². The lowest BCUT2D eigenvalue weighted by molar-refractivity contribution is 0.0697. The van der Waals surface area contributed by atoms with E-state index in [2.05, 4.69) is 10.5 Å². The summed E-state index contributed by atoms with van der Waals surface area (Å²) in [6.07, 6.45) is 1.55. The Morgan fingerprint density at radius 1 is 1.15 bits per heavy atom. The second-order valence-corrected chi connectivity index (χ2v) is 4.83. The Balaban J connectivity index is 2.09. The summed E-state index contributed by atoms with van der Waals surface area (Å²) in [7, 11) is 0. The van der Waals surface area contributed by atoms with Gasteiger partial charge in [-0.05, 0) is 42.0 Å². The molecule has 0 aliphatic heterocycles. The van der Waals surface area contributed by atoms with Gasteiger partial charge >= 0.3 is 5.97 Å². The van der Waals surface area contributed by atoms with Gasteiger partial charge in [0.15, 0.2) is 0 Å². The van der Waals surface area contributed by atoms with Crippen molar-refractivity contribution in [3.63, 3.8) is 0 Å². The number of rotatable bonds is 4. The van der Waals surface area contributed by atoms with E-state index in [4.69, 9.17) is 28.3 Å². The molecule has 0 heterocycles. The molecule has 0 unspecified atom stereocenters. The molecule has 2 aromatic carbocycles. The van der Waals surface area contributed by atoms with Crippen LogP contribution in [0.4, 0.5) is 5.69 Å². The summed E-state index contributed by atoms with van der Waals surface area (Å²) in [6, 6.07) is 11.4. The first kappa shape index (κ1) is 14.4. The van der Waals surface area contributed by atoms with Gasteiger partial charge in [-0.2, -0.15) is 5.10 Å². The van der Waals surface area contributed by atoms with Gasteiger partial charge in [-0.15, -0.1) is 0 Å². The van der Waals surface area contributed by atoms with E-state index < -0.39 is 5.97 Å². The number of hydrazone groups is 1. The predicted octanol–water partition coefficient (Wildman–Crippen LogP) is 4.14. The number of hydrogen-bond acceptors (Lipinski definition) is 3. The quantitative estimate of drug-likeness (QED) is 0.659. The number of carboxylic acid groups (broad SMARTS) is 1. The minimum Gasteiger partial charge on any atom is -0.478 e. The third-order valence-electron chi connectivity index (χ3n) is 2.40. The molecule has 0 atom stereocenters. The van der Waals surface area contributed by atoms with Gasteiger partial charge in [0.2, 0.25) is 0 Å². The zero-order valence-electron chi connectivity index (χ0n) is 10.2. The van der Waals surface area contributed by atoms with Crippen LogP contribution in [0.1, 0.15) is 15.9 Å². The van der Waals surface area contributed by atoms with Gasteiger partial charge < -0.3 is 5.11 Å². The van der Waals surface area contributed by atoms with Crippen molar-refractivity contribution < 1.29 is 9.90 Å². The zero-order valence-corrected chi connectivity index (χ0v) is 11.7. The maximum absolute atomic E-state index is 10.8. The first-order chi connectivity index (χ1) is 9.54. The van der Waals surface area contributed by atoms with Crippen LogP contribution in [0, 0.1) is 0 Å². The molecule has 0 fully saturated rings. The maximum atomic E-state index is 10.8. The van der Waals surface area contributed by atoms with Crippen LogP contribution in [-0.2, 0) is 0 Å². The summed E-state index contributed by atoms with van der Waals surface area (Å²) < 4.78 is 0. The van der Waals surface area contributed by atoms with Crippen LogP contribution < -0.4 is 5.43 Å². The van der Waals surface area contributed by atoms with Crippen molar-refractivity contribution in [3.05, 3.63) is 63.6 Å². The second kappa shape index (κ2) is 6.41. The fourth-order valence-corrected chi connectivity index (χ4v) is 2.10. The smallest absolute Gasteiger partial charge is 0.335 e. The van der Waals surface area contributed by atoms with Crippen molar-refractivity contribution in [2.24, 2.45) is 5.10 Å². The molecule has 0 spiro atoms. The molecule has 0 aliphatic rings. The molecule has 6 heteroatoms. The van der Waals surface area contributed by atoms with Crippen molar-refractivity contribution in [1.29, 1.82) is 0 Å². The molecular weight excluding hydrogens is 299 g/mol. The molecule has 2 rings (SSSR count). The van der Waals surface area contributed by atoms with E-state index in [-0.39, 0.29) is 5.56 Å². The standard InChI is InChI=1S/C14H10Cl2N2O2/c15-11-4-9(5-12(16)7-11)8-17-18-13-3-1-2-10(6-13)14(19)20/h1-8,18H,(H,19,20)/b17-8+. The van der Waals surface area contributed by atoms with Gasteiger partial charge in [0.25, 0.3) is 0 Å². The minimum atomic E-state index is -0.987. The highest BCUT2D eigenvalue weighted by Crippen LogP contribution is 2.18. The SMILES string of the molecule is O=C(O)c1cccc(N/N=C/c2cc(Cl)cc(Cl)c2)c1. The monoisotopic (exact) mass is 308 g/mol. The zero-order chi connectivity index (χ0) is 14.5. The maximum Gasteiger partial charge on any atom is 0.335 e. The van der Waals surface area contributed by atoms with Crippen molar-refractivity contribution in [2.75, 3.05) is 5.43 Å². The molecule has 20 heavy (non-hydrogen) atoms. The number of halogens is 2. The first-order valence-electron chi connectivity index (χ1n) is 5.63. The fraction of sp³-hybridized carbons (Fsp3) is 0. The van der Waals surface area contributed by atoms with Gasteiger partial charge in [-0.1, -0.05) is 29.3 Å².